The molecule has 0 bridgehead atoms. The lowest BCUT2D eigenvalue weighted by Gasteiger charge is -2.17. The van der Waals surface area contributed by atoms with E-state index in [4.69, 9.17) is 21.3 Å². The number of aromatic nitrogens is 2. The normalized spacial score (nSPS) is 12.0. The SMILES string of the molecule is Cc1ccccc1C(=O)NC(C)c1nc2ccccc2n1CCOc1cc(C)c(Cl)c(C)c1. The summed E-state index contributed by atoms with van der Waals surface area (Å²) in [6, 6.07) is 19.2. The number of nitrogens with zero attached hydrogens (tertiary/aromatic N) is 2. The highest BCUT2D eigenvalue weighted by atomic mass is 35.5. The van der Waals surface area contributed by atoms with Crippen LogP contribution < -0.4 is 10.1 Å². The summed E-state index contributed by atoms with van der Waals surface area (Å²) in [5, 5.41) is 3.87. The molecule has 6 heteroatoms. The number of ether oxygens (including phenoxy) is 1. The second-order valence-corrected chi connectivity index (χ2v) is 8.72. The number of aryl methyl sites for hydroxylation is 3. The molecule has 1 unspecified atom stereocenters. The fraction of sp³-hybridized carbons (Fsp3) is 0.259. The third kappa shape index (κ3) is 4.88. The van der Waals surface area contributed by atoms with Crippen molar-refractivity contribution in [1.29, 1.82) is 0 Å². The highest BCUT2D eigenvalue weighted by Crippen LogP contribution is 2.26. The van der Waals surface area contributed by atoms with Crippen LogP contribution in [0.5, 0.6) is 5.75 Å². The second kappa shape index (κ2) is 9.67. The van der Waals surface area contributed by atoms with Crippen LogP contribution in [0.3, 0.4) is 0 Å². The van der Waals surface area contributed by atoms with Crippen LogP contribution in [0, 0.1) is 20.8 Å². The molecule has 1 aromatic heterocycles. The van der Waals surface area contributed by atoms with Crippen molar-refractivity contribution in [2.45, 2.75) is 40.3 Å². The predicted octanol–water partition coefficient (Wildman–Crippen LogP) is 6.18. The van der Waals surface area contributed by atoms with Gasteiger partial charge in [0, 0.05) is 10.6 Å². The predicted molar refractivity (Wildman–Crippen MR) is 133 cm³/mol. The van der Waals surface area contributed by atoms with Crippen LogP contribution in [0.2, 0.25) is 5.02 Å². The molecule has 4 rings (SSSR count). The summed E-state index contributed by atoms with van der Waals surface area (Å²) >= 11 is 6.28. The van der Waals surface area contributed by atoms with E-state index in [1.54, 1.807) is 0 Å². The van der Waals surface area contributed by atoms with Crippen LogP contribution in [-0.4, -0.2) is 22.1 Å². The number of carbonyl (C=O) groups excluding carboxylic acids is 1. The standard InChI is InChI=1S/C27H28ClN3O2/c1-17-9-5-6-10-22(17)27(32)29-20(4)26-30-23-11-7-8-12-24(23)31(26)13-14-33-21-15-18(2)25(28)19(3)16-21/h5-12,15-16,20H,13-14H2,1-4H3,(H,29,32). The molecule has 0 radical (unpaired) electrons. The van der Waals surface area contributed by atoms with Crippen LogP contribution in [0.1, 0.15) is 45.8 Å². The van der Waals surface area contributed by atoms with Crippen LogP contribution in [-0.2, 0) is 6.54 Å². The van der Waals surface area contributed by atoms with E-state index in [2.05, 4.69) is 9.88 Å². The first-order valence-corrected chi connectivity index (χ1v) is 11.4. The Hall–Kier alpha value is -3.31. The second-order valence-electron chi connectivity index (χ2n) is 8.34. The van der Waals surface area contributed by atoms with Gasteiger partial charge in [0.1, 0.15) is 18.2 Å². The smallest absolute Gasteiger partial charge is 0.252 e. The highest BCUT2D eigenvalue weighted by Gasteiger charge is 2.20. The van der Waals surface area contributed by atoms with Crippen molar-refractivity contribution < 1.29 is 9.53 Å². The minimum Gasteiger partial charge on any atom is -0.492 e. The quantitative estimate of drug-likeness (QED) is 0.357. The summed E-state index contributed by atoms with van der Waals surface area (Å²) in [6.07, 6.45) is 0. The van der Waals surface area contributed by atoms with Gasteiger partial charge in [-0.05, 0) is 74.7 Å². The molecule has 3 aromatic carbocycles. The summed E-state index contributed by atoms with van der Waals surface area (Å²) in [6.45, 7) is 8.91. The maximum Gasteiger partial charge on any atom is 0.252 e. The molecule has 5 nitrogen and oxygen atoms in total. The van der Waals surface area contributed by atoms with Gasteiger partial charge in [-0.3, -0.25) is 4.79 Å². The molecular formula is C27H28ClN3O2. The zero-order chi connectivity index (χ0) is 23.5. The van der Waals surface area contributed by atoms with E-state index in [9.17, 15) is 4.79 Å². The van der Waals surface area contributed by atoms with E-state index in [0.29, 0.717) is 18.7 Å². The molecular weight excluding hydrogens is 434 g/mol. The van der Waals surface area contributed by atoms with Crippen LogP contribution in [0.4, 0.5) is 0 Å². The van der Waals surface area contributed by atoms with Crippen molar-refractivity contribution in [3.8, 4) is 5.75 Å². The number of halogens is 1. The number of hydrogen-bond acceptors (Lipinski definition) is 3. The van der Waals surface area contributed by atoms with Crippen LogP contribution in [0.25, 0.3) is 11.0 Å². The molecule has 0 saturated carbocycles. The van der Waals surface area contributed by atoms with E-state index in [1.165, 1.54) is 0 Å². The maximum atomic E-state index is 12.9. The van der Waals surface area contributed by atoms with E-state index in [1.807, 2.05) is 88.4 Å². The Bertz CT molecular complexity index is 1290. The largest absolute Gasteiger partial charge is 0.492 e. The lowest BCUT2D eigenvalue weighted by atomic mass is 10.1. The number of amides is 1. The molecule has 0 aliphatic carbocycles. The van der Waals surface area contributed by atoms with E-state index in [0.717, 1.165) is 44.3 Å². The Labute approximate surface area is 199 Å². The number of benzene rings is 3. The van der Waals surface area contributed by atoms with E-state index >= 15 is 0 Å². The van der Waals surface area contributed by atoms with Crippen molar-refractivity contribution in [1.82, 2.24) is 14.9 Å². The highest BCUT2D eigenvalue weighted by molar-refractivity contribution is 6.32. The van der Waals surface area contributed by atoms with Crippen molar-refractivity contribution >= 4 is 28.5 Å². The van der Waals surface area contributed by atoms with Crippen LogP contribution in [0.15, 0.2) is 60.7 Å². The Morgan fingerprint density at radius 1 is 1.03 bits per heavy atom. The van der Waals surface area contributed by atoms with Gasteiger partial charge in [-0.1, -0.05) is 41.9 Å². The average molecular weight is 462 g/mol. The molecule has 4 aromatic rings. The molecule has 1 N–H and O–H groups in total. The number of para-hydroxylation sites is 2. The van der Waals surface area contributed by atoms with Gasteiger partial charge in [0.2, 0.25) is 0 Å². The van der Waals surface area contributed by atoms with Crippen LogP contribution >= 0.6 is 11.6 Å². The average Bonchev–Trinajstić information content (AvgIpc) is 3.16. The zero-order valence-corrected chi connectivity index (χ0v) is 20.1. The lowest BCUT2D eigenvalue weighted by molar-refractivity contribution is 0.0937. The molecule has 170 valence electrons. The zero-order valence-electron chi connectivity index (χ0n) is 19.4. The Morgan fingerprint density at radius 3 is 2.42 bits per heavy atom. The Balaban J connectivity index is 1.55. The molecule has 0 aliphatic heterocycles. The topological polar surface area (TPSA) is 56.2 Å². The fourth-order valence-electron chi connectivity index (χ4n) is 4.07. The van der Waals surface area contributed by atoms with E-state index < -0.39 is 0 Å². The van der Waals surface area contributed by atoms with Gasteiger partial charge < -0.3 is 14.6 Å². The molecule has 0 spiro atoms. The minimum atomic E-state index is -0.274. The van der Waals surface area contributed by atoms with Gasteiger partial charge in [0.15, 0.2) is 0 Å². The summed E-state index contributed by atoms with van der Waals surface area (Å²) in [5.41, 5.74) is 5.50. The van der Waals surface area contributed by atoms with Gasteiger partial charge in [-0.15, -0.1) is 0 Å². The van der Waals surface area contributed by atoms with Crippen molar-refractivity contribution in [2.75, 3.05) is 6.61 Å². The number of imidazole rings is 1. The van der Waals surface area contributed by atoms with Crippen molar-refractivity contribution in [2.24, 2.45) is 0 Å². The van der Waals surface area contributed by atoms with Gasteiger partial charge in [-0.2, -0.15) is 0 Å². The molecule has 1 amide bonds. The molecule has 0 fully saturated rings. The fourth-order valence-corrected chi connectivity index (χ4v) is 4.18. The van der Waals surface area contributed by atoms with Gasteiger partial charge in [0.25, 0.3) is 5.91 Å². The first-order valence-electron chi connectivity index (χ1n) is 11.1. The monoisotopic (exact) mass is 461 g/mol. The van der Waals surface area contributed by atoms with Crippen molar-refractivity contribution in [3.05, 3.63) is 93.8 Å². The Morgan fingerprint density at radius 2 is 1.70 bits per heavy atom. The number of rotatable bonds is 7. The third-order valence-corrected chi connectivity index (χ3v) is 6.40. The van der Waals surface area contributed by atoms with Crippen molar-refractivity contribution in [3.63, 3.8) is 0 Å². The summed E-state index contributed by atoms with van der Waals surface area (Å²) in [7, 11) is 0. The summed E-state index contributed by atoms with van der Waals surface area (Å²) in [4.78, 5) is 17.7. The molecule has 0 aliphatic rings. The lowest BCUT2D eigenvalue weighted by Crippen LogP contribution is -2.29. The summed E-state index contributed by atoms with van der Waals surface area (Å²) in [5.74, 6) is 1.48. The molecule has 1 heterocycles. The third-order valence-electron chi connectivity index (χ3n) is 5.80. The Kier molecular flexibility index (Phi) is 6.70. The first-order chi connectivity index (χ1) is 15.8. The maximum absolute atomic E-state index is 12.9. The number of carbonyl (C=O) groups is 1. The molecule has 0 saturated heterocycles. The van der Waals surface area contributed by atoms with Gasteiger partial charge >= 0.3 is 0 Å². The first kappa shape index (κ1) is 22.9. The number of hydrogen-bond donors (Lipinski definition) is 1. The van der Waals surface area contributed by atoms with Gasteiger partial charge in [0.05, 0.1) is 23.6 Å². The summed E-state index contributed by atoms with van der Waals surface area (Å²) < 4.78 is 8.17. The van der Waals surface area contributed by atoms with E-state index in [-0.39, 0.29) is 11.9 Å². The van der Waals surface area contributed by atoms with Gasteiger partial charge in [-0.25, -0.2) is 4.98 Å². The molecule has 33 heavy (non-hydrogen) atoms. The number of fused-ring (bicyclic) bond motifs is 1. The minimum absolute atomic E-state index is 0.109. The molecule has 1 atom stereocenters. The number of nitrogens with one attached hydrogen (secondary N) is 1.